The zero-order chi connectivity index (χ0) is 14.4. The monoisotopic (exact) mass is 335 g/mol. The number of para-hydroxylation sites is 2. The molecule has 0 aliphatic heterocycles. The molecule has 2 rings (SSSR count). The zero-order valence-corrected chi connectivity index (χ0v) is 12.3. The van der Waals surface area contributed by atoms with E-state index in [1.54, 1.807) is 24.4 Å². The highest BCUT2D eigenvalue weighted by Crippen LogP contribution is 2.19. The van der Waals surface area contributed by atoms with Crippen molar-refractivity contribution >= 4 is 27.5 Å². The van der Waals surface area contributed by atoms with Crippen LogP contribution in [-0.2, 0) is 0 Å². The standard InChI is InChI=1S/C14H14BrN3O2/c15-11-7-10(8-17-9-11)14(19)18-5-6-20-13-4-2-1-3-12(13)16/h1-4,7-9H,5-6,16H2,(H,18,19). The van der Waals surface area contributed by atoms with Crippen LogP contribution in [0.15, 0.2) is 47.2 Å². The highest BCUT2D eigenvalue weighted by atomic mass is 79.9. The minimum atomic E-state index is -0.191. The maximum Gasteiger partial charge on any atom is 0.253 e. The third kappa shape index (κ3) is 3.96. The zero-order valence-electron chi connectivity index (χ0n) is 10.7. The maximum atomic E-state index is 11.8. The molecule has 1 aromatic carbocycles. The number of benzene rings is 1. The molecular formula is C14H14BrN3O2. The van der Waals surface area contributed by atoms with Crippen molar-refractivity contribution < 1.29 is 9.53 Å². The summed E-state index contributed by atoms with van der Waals surface area (Å²) in [6, 6.07) is 8.94. The summed E-state index contributed by atoms with van der Waals surface area (Å²) in [6.45, 7) is 0.737. The molecule has 1 amide bonds. The Kier molecular flexibility index (Phi) is 4.95. The summed E-state index contributed by atoms with van der Waals surface area (Å²) in [5.41, 5.74) is 6.82. The van der Waals surface area contributed by atoms with E-state index in [-0.39, 0.29) is 5.91 Å². The van der Waals surface area contributed by atoms with Gasteiger partial charge in [-0.1, -0.05) is 12.1 Å². The third-order valence-electron chi connectivity index (χ3n) is 2.53. The number of hydrogen-bond acceptors (Lipinski definition) is 4. The predicted octanol–water partition coefficient (Wildman–Crippen LogP) is 2.24. The van der Waals surface area contributed by atoms with Crippen LogP contribution in [0.2, 0.25) is 0 Å². The van der Waals surface area contributed by atoms with E-state index in [1.165, 1.54) is 6.20 Å². The molecule has 0 radical (unpaired) electrons. The number of anilines is 1. The fraction of sp³-hybridized carbons (Fsp3) is 0.143. The Hall–Kier alpha value is -2.08. The Labute approximate surface area is 125 Å². The van der Waals surface area contributed by atoms with Crippen molar-refractivity contribution in [1.29, 1.82) is 0 Å². The van der Waals surface area contributed by atoms with E-state index < -0.39 is 0 Å². The lowest BCUT2D eigenvalue weighted by Crippen LogP contribution is -2.28. The number of amides is 1. The van der Waals surface area contributed by atoms with Crippen molar-refractivity contribution in [3.63, 3.8) is 0 Å². The molecule has 0 bridgehead atoms. The first-order chi connectivity index (χ1) is 9.66. The molecule has 0 aliphatic carbocycles. The first-order valence-corrected chi connectivity index (χ1v) is 6.82. The van der Waals surface area contributed by atoms with Crippen LogP contribution in [0.25, 0.3) is 0 Å². The van der Waals surface area contributed by atoms with Crippen molar-refractivity contribution in [2.45, 2.75) is 0 Å². The second kappa shape index (κ2) is 6.91. The molecule has 0 fully saturated rings. The lowest BCUT2D eigenvalue weighted by atomic mass is 10.3. The maximum absolute atomic E-state index is 11.8. The van der Waals surface area contributed by atoms with Crippen LogP contribution >= 0.6 is 15.9 Å². The van der Waals surface area contributed by atoms with Gasteiger partial charge in [-0.2, -0.15) is 0 Å². The number of nitrogens with one attached hydrogen (secondary N) is 1. The van der Waals surface area contributed by atoms with E-state index >= 15 is 0 Å². The van der Waals surface area contributed by atoms with Crippen LogP contribution < -0.4 is 15.8 Å². The number of carbonyl (C=O) groups excluding carboxylic acids is 1. The molecule has 0 spiro atoms. The summed E-state index contributed by atoms with van der Waals surface area (Å²) in [4.78, 5) is 15.8. The van der Waals surface area contributed by atoms with Crippen LogP contribution in [0.3, 0.4) is 0 Å². The summed E-state index contributed by atoms with van der Waals surface area (Å²) >= 11 is 3.27. The van der Waals surface area contributed by atoms with Gasteiger partial charge < -0.3 is 15.8 Å². The lowest BCUT2D eigenvalue weighted by molar-refractivity contribution is 0.0946. The van der Waals surface area contributed by atoms with E-state index in [0.717, 1.165) is 4.47 Å². The highest BCUT2D eigenvalue weighted by Gasteiger charge is 2.06. The number of hydrogen-bond donors (Lipinski definition) is 2. The van der Waals surface area contributed by atoms with Gasteiger partial charge in [0.2, 0.25) is 0 Å². The second-order valence-electron chi connectivity index (χ2n) is 4.03. The average Bonchev–Trinajstić information content (AvgIpc) is 2.45. The molecule has 0 atom stereocenters. The smallest absolute Gasteiger partial charge is 0.253 e. The fourth-order valence-electron chi connectivity index (χ4n) is 1.58. The second-order valence-corrected chi connectivity index (χ2v) is 4.95. The number of halogens is 1. The van der Waals surface area contributed by atoms with Gasteiger partial charge in [0.05, 0.1) is 17.8 Å². The van der Waals surface area contributed by atoms with Gasteiger partial charge in [0.1, 0.15) is 12.4 Å². The van der Waals surface area contributed by atoms with Gasteiger partial charge in [-0.15, -0.1) is 0 Å². The molecule has 20 heavy (non-hydrogen) atoms. The fourth-order valence-corrected chi connectivity index (χ4v) is 1.94. The predicted molar refractivity (Wildman–Crippen MR) is 80.6 cm³/mol. The number of nitrogen functional groups attached to an aromatic ring is 1. The minimum absolute atomic E-state index is 0.191. The quantitative estimate of drug-likeness (QED) is 0.648. The normalized spacial score (nSPS) is 10.1. The third-order valence-corrected chi connectivity index (χ3v) is 2.96. The van der Waals surface area contributed by atoms with Gasteiger partial charge in [-0.25, -0.2) is 0 Å². The van der Waals surface area contributed by atoms with Crippen LogP contribution in [0.1, 0.15) is 10.4 Å². The molecular weight excluding hydrogens is 322 g/mol. The summed E-state index contributed by atoms with van der Waals surface area (Å²) in [6.07, 6.45) is 3.13. The Morgan fingerprint density at radius 2 is 2.15 bits per heavy atom. The van der Waals surface area contributed by atoms with E-state index in [4.69, 9.17) is 10.5 Å². The van der Waals surface area contributed by atoms with Crippen molar-refractivity contribution in [2.24, 2.45) is 0 Å². The van der Waals surface area contributed by atoms with Crippen LogP contribution in [0, 0.1) is 0 Å². The summed E-state index contributed by atoms with van der Waals surface area (Å²) < 4.78 is 6.24. The van der Waals surface area contributed by atoms with Gasteiger partial charge in [0, 0.05) is 16.9 Å². The number of pyridine rings is 1. The minimum Gasteiger partial charge on any atom is -0.490 e. The molecule has 2 aromatic rings. The van der Waals surface area contributed by atoms with Gasteiger partial charge in [0.15, 0.2) is 0 Å². The van der Waals surface area contributed by atoms with Crippen LogP contribution in [0.4, 0.5) is 5.69 Å². The van der Waals surface area contributed by atoms with E-state index in [0.29, 0.717) is 30.2 Å². The number of nitrogens with two attached hydrogens (primary N) is 1. The summed E-state index contributed by atoms with van der Waals surface area (Å²) in [5.74, 6) is 0.425. The summed E-state index contributed by atoms with van der Waals surface area (Å²) in [7, 11) is 0. The van der Waals surface area contributed by atoms with Crippen molar-refractivity contribution in [2.75, 3.05) is 18.9 Å². The molecule has 1 aromatic heterocycles. The molecule has 0 aliphatic rings. The number of ether oxygens (including phenoxy) is 1. The van der Waals surface area contributed by atoms with Crippen LogP contribution in [-0.4, -0.2) is 24.0 Å². The number of rotatable bonds is 5. The van der Waals surface area contributed by atoms with Crippen LogP contribution in [0.5, 0.6) is 5.75 Å². The van der Waals surface area contributed by atoms with E-state index in [2.05, 4.69) is 26.2 Å². The van der Waals surface area contributed by atoms with Crippen molar-refractivity contribution in [1.82, 2.24) is 10.3 Å². The van der Waals surface area contributed by atoms with Crippen molar-refractivity contribution in [3.8, 4) is 5.75 Å². The molecule has 5 nitrogen and oxygen atoms in total. The van der Waals surface area contributed by atoms with Gasteiger partial charge in [-0.05, 0) is 34.1 Å². The first-order valence-electron chi connectivity index (χ1n) is 6.03. The molecule has 3 N–H and O–H groups in total. The first kappa shape index (κ1) is 14.3. The van der Waals surface area contributed by atoms with Gasteiger partial charge >= 0.3 is 0 Å². The average molecular weight is 336 g/mol. The van der Waals surface area contributed by atoms with Crippen molar-refractivity contribution in [3.05, 3.63) is 52.8 Å². The largest absolute Gasteiger partial charge is 0.490 e. The molecule has 6 heteroatoms. The Morgan fingerprint density at radius 1 is 1.35 bits per heavy atom. The SMILES string of the molecule is Nc1ccccc1OCCNC(=O)c1cncc(Br)c1. The molecule has 1 heterocycles. The molecule has 0 saturated heterocycles. The Balaban J connectivity index is 1.79. The Morgan fingerprint density at radius 3 is 2.90 bits per heavy atom. The van der Waals surface area contributed by atoms with E-state index in [9.17, 15) is 4.79 Å². The highest BCUT2D eigenvalue weighted by molar-refractivity contribution is 9.10. The van der Waals surface area contributed by atoms with Gasteiger partial charge in [0.25, 0.3) is 5.91 Å². The Bertz CT molecular complexity index is 604. The number of carbonyl (C=O) groups is 1. The molecule has 0 unspecified atom stereocenters. The topological polar surface area (TPSA) is 77.2 Å². The molecule has 0 saturated carbocycles. The number of nitrogens with zero attached hydrogens (tertiary/aromatic N) is 1. The summed E-state index contributed by atoms with van der Waals surface area (Å²) in [5, 5.41) is 2.75. The lowest BCUT2D eigenvalue weighted by Gasteiger charge is -2.09. The van der Waals surface area contributed by atoms with Gasteiger partial charge in [-0.3, -0.25) is 9.78 Å². The molecule has 104 valence electrons. The number of aromatic nitrogens is 1. The van der Waals surface area contributed by atoms with E-state index in [1.807, 2.05) is 12.1 Å².